The third-order valence-electron chi connectivity index (χ3n) is 8.06. The van der Waals surface area contributed by atoms with Crippen LogP contribution < -0.4 is 5.56 Å². The number of ketones is 1. The highest BCUT2D eigenvalue weighted by Gasteiger charge is 2.63. The van der Waals surface area contributed by atoms with Gasteiger partial charge in [0.15, 0.2) is 5.78 Å². The largest absolute Gasteiger partial charge is 0.507 e. The topological polar surface area (TPSA) is 129 Å². The van der Waals surface area contributed by atoms with Crippen LogP contribution in [-0.2, 0) is 10.3 Å². The van der Waals surface area contributed by atoms with E-state index in [2.05, 4.69) is 6.08 Å². The Labute approximate surface area is 179 Å². The van der Waals surface area contributed by atoms with Crippen LogP contribution in [0.3, 0.4) is 0 Å². The summed E-state index contributed by atoms with van der Waals surface area (Å²) in [5.41, 5.74) is -2.77. The van der Waals surface area contributed by atoms with Crippen molar-refractivity contribution in [2.45, 2.75) is 69.4 Å². The van der Waals surface area contributed by atoms with Gasteiger partial charge in [-0.2, -0.15) is 4.73 Å². The Kier molecular flexibility index (Phi) is 4.80. The van der Waals surface area contributed by atoms with Gasteiger partial charge >= 0.3 is 0 Å². The standard InChI is InChI=1S/C23H29NO7/c1-11-6-7-12-4-2-3-5-13(12)16(11)19(27)17-18(26)14(10-24(30)22(17)29)23-9-8-15(25)20(31-23)21(23)28/h6-7,10-13,15-16,20-21,25-26,28,30H,2-5,8-9H2,1H3. The molecule has 168 valence electrons. The number of aliphatic hydroxyl groups is 2. The fourth-order valence-corrected chi connectivity index (χ4v) is 6.37. The highest BCUT2D eigenvalue weighted by Crippen LogP contribution is 2.54. The Hall–Kier alpha value is -2.16. The van der Waals surface area contributed by atoms with Crippen molar-refractivity contribution in [2.24, 2.45) is 23.7 Å². The fourth-order valence-electron chi connectivity index (χ4n) is 6.37. The number of aromatic nitrogens is 1. The molecule has 5 aliphatic rings. The molecular weight excluding hydrogens is 402 g/mol. The summed E-state index contributed by atoms with van der Waals surface area (Å²) in [6.07, 6.45) is 7.01. The van der Waals surface area contributed by atoms with Gasteiger partial charge in [0.2, 0.25) is 0 Å². The smallest absolute Gasteiger partial charge is 0.297 e. The minimum Gasteiger partial charge on any atom is -0.507 e. The number of pyridine rings is 1. The van der Waals surface area contributed by atoms with Gasteiger partial charge in [-0.05, 0) is 43.4 Å². The van der Waals surface area contributed by atoms with E-state index in [1.165, 1.54) is 0 Å². The Morgan fingerprint density at radius 2 is 1.94 bits per heavy atom. The second kappa shape index (κ2) is 7.18. The summed E-state index contributed by atoms with van der Waals surface area (Å²) in [7, 11) is 0. The predicted octanol–water partition coefficient (Wildman–Crippen LogP) is 1.71. The molecule has 1 aromatic heterocycles. The Bertz CT molecular complexity index is 996. The van der Waals surface area contributed by atoms with Crippen LogP contribution >= 0.6 is 0 Å². The van der Waals surface area contributed by atoms with E-state index in [1.54, 1.807) is 0 Å². The lowest BCUT2D eigenvalue weighted by Crippen LogP contribution is -2.69. The zero-order valence-electron chi connectivity index (χ0n) is 17.5. The first-order chi connectivity index (χ1) is 14.8. The molecule has 0 radical (unpaired) electrons. The number of carbonyl (C=O) groups excluding carboxylic acids is 1. The molecule has 2 bridgehead atoms. The van der Waals surface area contributed by atoms with Crippen LogP contribution in [0.15, 0.2) is 23.1 Å². The number of allylic oxidation sites excluding steroid dienone is 2. The summed E-state index contributed by atoms with van der Waals surface area (Å²) in [6, 6.07) is 0. The minimum atomic E-state index is -1.35. The van der Waals surface area contributed by atoms with Crippen LogP contribution in [0.1, 0.15) is 61.4 Å². The Morgan fingerprint density at radius 3 is 2.65 bits per heavy atom. The molecule has 31 heavy (non-hydrogen) atoms. The summed E-state index contributed by atoms with van der Waals surface area (Å²) in [4.78, 5) is 26.5. The van der Waals surface area contributed by atoms with Crippen molar-refractivity contribution in [1.29, 1.82) is 0 Å². The number of carbonyl (C=O) groups is 1. The molecule has 3 aliphatic carbocycles. The first-order valence-corrected chi connectivity index (χ1v) is 11.2. The maximum absolute atomic E-state index is 13.7. The van der Waals surface area contributed by atoms with Crippen molar-refractivity contribution < 1.29 is 30.1 Å². The molecule has 1 aromatic rings. The maximum Gasteiger partial charge on any atom is 0.297 e. The van der Waals surface area contributed by atoms with Gasteiger partial charge in [0, 0.05) is 11.5 Å². The summed E-state index contributed by atoms with van der Waals surface area (Å²) in [6.45, 7) is 1.94. The average Bonchev–Trinajstić information content (AvgIpc) is 2.76. The second-order valence-electron chi connectivity index (χ2n) is 9.69. The van der Waals surface area contributed by atoms with Gasteiger partial charge in [0.1, 0.15) is 29.1 Å². The number of Topliss-reactive ketones (excluding diaryl/α,β-unsaturated/α-hetero) is 1. The number of hydrogen-bond donors (Lipinski definition) is 4. The van der Waals surface area contributed by atoms with Gasteiger partial charge in [-0.25, -0.2) is 0 Å². The van der Waals surface area contributed by atoms with E-state index in [9.17, 15) is 30.1 Å². The normalized spacial score (nSPS) is 41.3. The summed E-state index contributed by atoms with van der Waals surface area (Å²) in [5.74, 6) is -1.21. The van der Waals surface area contributed by atoms with Crippen molar-refractivity contribution in [3.05, 3.63) is 39.8 Å². The number of aliphatic hydroxyl groups excluding tert-OH is 2. The minimum absolute atomic E-state index is 0.00722. The van der Waals surface area contributed by atoms with Gasteiger partial charge < -0.3 is 25.3 Å². The Morgan fingerprint density at radius 1 is 1.19 bits per heavy atom. The summed E-state index contributed by atoms with van der Waals surface area (Å²) >= 11 is 0. The third-order valence-corrected chi connectivity index (χ3v) is 8.06. The fraction of sp³-hybridized carbons (Fsp3) is 0.652. The third kappa shape index (κ3) is 2.84. The van der Waals surface area contributed by atoms with E-state index >= 15 is 0 Å². The molecule has 3 heterocycles. The van der Waals surface area contributed by atoms with Crippen LogP contribution in [0.5, 0.6) is 5.75 Å². The lowest BCUT2D eigenvalue weighted by molar-refractivity contribution is -0.348. The monoisotopic (exact) mass is 431 g/mol. The summed E-state index contributed by atoms with van der Waals surface area (Å²) < 4.78 is 6.03. The van der Waals surface area contributed by atoms with Gasteiger partial charge in [-0.3, -0.25) is 9.59 Å². The molecular formula is C23H29NO7. The van der Waals surface area contributed by atoms with E-state index in [1.807, 2.05) is 13.0 Å². The van der Waals surface area contributed by atoms with E-state index in [0.29, 0.717) is 11.2 Å². The highest BCUT2D eigenvalue weighted by atomic mass is 16.6. The zero-order chi connectivity index (χ0) is 22.1. The predicted molar refractivity (Wildman–Crippen MR) is 109 cm³/mol. The summed E-state index contributed by atoms with van der Waals surface area (Å²) in [5, 5.41) is 41.9. The first kappa shape index (κ1) is 20.7. The molecule has 8 atom stereocenters. The van der Waals surface area contributed by atoms with Crippen LogP contribution in [0.25, 0.3) is 0 Å². The van der Waals surface area contributed by atoms with Gasteiger partial charge in [-0.1, -0.05) is 31.9 Å². The number of fused-ring (bicyclic) bond motifs is 3. The van der Waals surface area contributed by atoms with Crippen LogP contribution in [0, 0.1) is 23.7 Å². The van der Waals surface area contributed by atoms with E-state index in [-0.39, 0.29) is 29.7 Å². The van der Waals surface area contributed by atoms with Crippen molar-refractivity contribution in [1.82, 2.24) is 4.73 Å². The lowest BCUT2D eigenvalue weighted by Gasteiger charge is -2.58. The van der Waals surface area contributed by atoms with E-state index in [0.717, 1.165) is 31.9 Å². The molecule has 2 aliphatic heterocycles. The lowest BCUT2D eigenvalue weighted by atomic mass is 9.63. The average molecular weight is 431 g/mol. The van der Waals surface area contributed by atoms with Crippen LogP contribution in [0.2, 0.25) is 0 Å². The van der Waals surface area contributed by atoms with Crippen molar-refractivity contribution in [2.75, 3.05) is 0 Å². The second-order valence-corrected chi connectivity index (χ2v) is 9.69. The molecule has 8 nitrogen and oxygen atoms in total. The molecule has 4 fully saturated rings. The van der Waals surface area contributed by atoms with Crippen molar-refractivity contribution in [3.8, 4) is 5.75 Å². The molecule has 8 heteroatoms. The first-order valence-electron chi connectivity index (χ1n) is 11.2. The number of rotatable bonds is 3. The van der Waals surface area contributed by atoms with Crippen LogP contribution in [0.4, 0.5) is 0 Å². The van der Waals surface area contributed by atoms with Gasteiger partial charge in [0.25, 0.3) is 5.56 Å². The zero-order valence-corrected chi connectivity index (χ0v) is 17.5. The van der Waals surface area contributed by atoms with Gasteiger partial charge in [-0.15, -0.1) is 0 Å². The number of aromatic hydroxyl groups is 1. The molecule has 8 unspecified atom stereocenters. The SMILES string of the molecule is CC1C=CC2CCCCC2C1C(=O)c1c(O)c(C23CCC(O)C(O2)C3O)cn(O)c1=O. The molecule has 0 aromatic carbocycles. The van der Waals surface area contributed by atoms with E-state index in [4.69, 9.17) is 4.74 Å². The molecule has 2 saturated carbocycles. The molecule has 0 spiro atoms. The highest BCUT2D eigenvalue weighted by molar-refractivity contribution is 6.01. The maximum atomic E-state index is 13.7. The van der Waals surface area contributed by atoms with Crippen molar-refractivity contribution in [3.63, 3.8) is 0 Å². The van der Waals surface area contributed by atoms with Crippen molar-refractivity contribution >= 4 is 5.78 Å². The number of ether oxygens (including phenoxy) is 1. The molecule has 2 saturated heterocycles. The Balaban J connectivity index is 1.58. The quantitative estimate of drug-likeness (QED) is 0.326. The van der Waals surface area contributed by atoms with Gasteiger partial charge in [0.05, 0.1) is 12.3 Å². The number of hydrogen-bond acceptors (Lipinski definition) is 7. The van der Waals surface area contributed by atoms with E-state index < -0.39 is 52.5 Å². The molecule has 0 amide bonds. The van der Waals surface area contributed by atoms with Crippen LogP contribution in [-0.4, -0.2) is 49.4 Å². The molecule has 4 N–H and O–H groups in total. The number of nitrogens with zero attached hydrogens (tertiary/aromatic N) is 1. The molecule has 6 rings (SSSR count).